The lowest BCUT2D eigenvalue weighted by molar-refractivity contribution is 0.660. The summed E-state index contributed by atoms with van der Waals surface area (Å²) in [4.78, 5) is 2.56. The third-order valence-electron chi connectivity index (χ3n) is 15.5. The summed E-state index contributed by atoms with van der Waals surface area (Å²) in [7, 11) is 0. The Morgan fingerprint density at radius 2 is 0.900 bits per heavy atom. The molecule has 0 bridgehead atoms. The molecule has 0 amide bonds. The monoisotopic (exact) mass is 893 g/mol. The first-order chi connectivity index (χ1) is 34.5. The second kappa shape index (κ2) is 15.4. The van der Waals surface area contributed by atoms with Gasteiger partial charge in [0.25, 0.3) is 0 Å². The average molecular weight is 894 g/mol. The van der Waals surface area contributed by atoms with Gasteiger partial charge in [0.2, 0.25) is 0 Å². The number of furan rings is 1. The van der Waals surface area contributed by atoms with Gasteiger partial charge in [0.1, 0.15) is 11.2 Å². The molecule has 2 aliphatic rings. The summed E-state index contributed by atoms with van der Waals surface area (Å²) in [6.07, 6.45) is 0. The molecule has 12 aromatic rings. The van der Waals surface area contributed by atoms with E-state index in [0.717, 1.165) is 60.9 Å². The number of anilines is 3. The van der Waals surface area contributed by atoms with E-state index in [0.29, 0.717) is 0 Å². The van der Waals surface area contributed by atoms with Crippen LogP contribution in [0.25, 0.3) is 77.2 Å². The van der Waals surface area contributed by atoms with E-state index in [1.807, 2.05) is 0 Å². The minimum atomic E-state index is -0.586. The second-order valence-corrected chi connectivity index (χ2v) is 19.5. The lowest BCUT2D eigenvalue weighted by atomic mass is 9.67. The van der Waals surface area contributed by atoms with E-state index in [2.05, 4.69) is 267 Å². The zero-order valence-electron chi connectivity index (χ0n) is 39.0. The smallest absolute Gasteiger partial charge is 0.143 e. The maximum absolute atomic E-state index is 7.10. The number of hydrogen-bond acceptors (Lipinski definition) is 2. The van der Waals surface area contributed by atoms with Gasteiger partial charge in [-0.1, -0.05) is 214 Å². The molecule has 14 rings (SSSR count). The molecular formula is C68H47NO. The molecule has 0 spiro atoms. The molecule has 0 saturated heterocycles. The Hall–Kier alpha value is -8.72. The van der Waals surface area contributed by atoms with Crippen molar-refractivity contribution in [2.45, 2.75) is 24.7 Å². The quantitative estimate of drug-likeness (QED) is 0.158. The molecule has 70 heavy (non-hydrogen) atoms. The molecule has 2 heteroatoms. The van der Waals surface area contributed by atoms with E-state index in [1.54, 1.807) is 0 Å². The summed E-state index contributed by atoms with van der Waals surface area (Å²) in [5.41, 5.74) is 21.5. The van der Waals surface area contributed by atoms with Crippen LogP contribution < -0.4 is 4.90 Å². The molecule has 330 valence electrons. The topological polar surface area (TPSA) is 16.4 Å². The Labute approximate surface area is 408 Å². The molecule has 0 fully saturated rings. The summed E-state index contributed by atoms with van der Waals surface area (Å²) < 4.78 is 7.10. The van der Waals surface area contributed by atoms with Crippen LogP contribution in [0.3, 0.4) is 0 Å². The maximum atomic E-state index is 7.10. The van der Waals surface area contributed by atoms with Gasteiger partial charge in [-0.05, 0) is 126 Å². The highest BCUT2D eigenvalue weighted by atomic mass is 16.3. The largest absolute Gasteiger partial charge is 0.455 e. The minimum Gasteiger partial charge on any atom is -0.455 e. The third kappa shape index (κ3) is 5.80. The van der Waals surface area contributed by atoms with Crippen LogP contribution in [0.4, 0.5) is 17.1 Å². The van der Waals surface area contributed by atoms with Crippen molar-refractivity contribution in [3.63, 3.8) is 0 Å². The Kier molecular flexibility index (Phi) is 8.88. The van der Waals surface area contributed by atoms with Crippen molar-refractivity contribution in [1.29, 1.82) is 0 Å². The Bertz CT molecular complexity index is 3990. The molecule has 11 aromatic carbocycles. The van der Waals surface area contributed by atoms with E-state index < -0.39 is 5.41 Å². The molecule has 1 aromatic heterocycles. The Morgan fingerprint density at radius 3 is 1.63 bits per heavy atom. The van der Waals surface area contributed by atoms with Crippen LogP contribution in [0.1, 0.15) is 47.2 Å². The van der Waals surface area contributed by atoms with E-state index in [4.69, 9.17) is 4.42 Å². The van der Waals surface area contributed by atoms with Gasteiger partial charge in [-0.15, -0.1) is 0 Å². The van der Waals surface area contributed by atoms with Gasteiger partial charge in [0, 0.05) is 33.1 Å². The van der Waals surface area contributed by atoms with Crippen molar-refractivity contribution in [2.75, 3.05) is 4.90 Å². The van der Waals surface area contributed by atoms with Crippen LogP contribution in [-0.2, 0) is 10.8 Å². The molecule has 0 saturated carbocycles. The van der Waals surface area contributed by atoms with Gasteiger partial charge in [-0.25, -0.2) is 0 Å². The van der Waals surface area contributed by atoms with E-state index >= 15 is 0 Å². The Morgan fingerprint density at radius 1 is 0.357 bits per heavy atom. The zero-order chi connectivity index (χ0) is 46.6. The number of rotatable bonds is 7. The van der Waals surface area contributed by atoms with Crippen molar-refractivity contribution in [3.05, 3.63) is 282 Å². The van der Waals surface area contributed by atoms with Crippen LogP contribution in [0.15, 0.2) is 253 Å². The van der Waals surface area contributed by atoms with Gasteiger partial charge in [0.05, 0.1) is 16.5 Å². The summed E-state index contributed by atoms with van der Waals surface area (Å²) in [5.74, 6) is 0. The number of fused-ring (bicyclic) bond motifs is 11. The van der Waals surface area contributed by atoms with Gasteiger partial charge in [-0.3, -0.25) is 0 Å². The minimum absolute atomic E-state index is 0.219. The summed E-state index contributed by atoms with van der Waals surface area (Å²) >= 11 is 0. The average Bonchev–Trinajstić information content (AvgIpc) is 4.03. The van der Waals surface area contributed by atoms with Crippen molar-refractivity contribution in [2.24, 2.45) is 0 Å². The van der Waals surface area contributed by atoms with Crippen LogP contribution in [0.5, 0.6) is 0 Å². The van der Waals surface area contributed by atoms with Crippen LogP contribution in [0.2, 0.25) is 0 Å². The number of hydrogen-bond donors (Lipinski definition) is 0. The van der Waals surface area contributed by atoms with E-state index in [9.17, 15) is 0 Å². The first kappa shape index (κ1) is 40.4. The fourth-order valence-electron chi connectivity index (χ4n) is 12.4. The van der Waals surface area contributed by atoms with Crippen molar-refractivity contribution >= 4 is 49.8 Å². The third-order valence-corrected chi connectivity index (χ3v) is 15.5. The summed E-state index contributed by atoms with van der Waals surface area (Å²) in [6.45, 7) is 4.75. The highest BCUT2D eigenvalue weighted by Crippen LogP contribution is 2.59. The molecule has 1 heterocycles. The van der Waals surface area contributed by atoms with Crippen molar-refractivity contribution in [3.8, 4) is 44.5 Å². The van der Waals surface area contributed by atoms with E-state index in [-0.39, 0.29) is 5.41 Å². The Balaban J connectivity index is 1.12. The lowest BCUT2D eigenvalue weighted by Gasteiger charge is -2.35. The predicted molar refractivity (Wildman–Crippen MR) is 292 cm³/mol. The lowest BCUT2D eigenvalue weighted by Crippen LogP contribution is -2.28. The molecule has 0 N–H and O–H groups in total. The van der Waals surface area contributed by atoms with Crippen molar-refractivity contribution < 1.29 is 4.42 Å². The molecular weight excluding hydrogens is 847 g/mol. The zero-order valence-corrected chi connectivity index (χ0v) is 39.0. The standard InChI is InChI=1S/C68H47NO/c1-67(2)59-31-16-14-29-54(59)56-37-34-50(42-61(56)67)69(51-35-38-57-55-30-15-17-32-60(55)68(62(57)43-51,48-24-8-4-9-25-48)49-26-10-5-11-27-49)65-52(47-23-18-22-46(41-47)44-19-6-3-7-20-44)39-40-63-64(65)58-36-33-45-21-12-13-28-53(45)66(58)70-63/h3-43H,1-2H3. The van der Waals surface area contributed by atoms with Crippen LogP contribution in [-0.4, -0.2) is 0 Å². The fourth-order valence-corrected chi connectivity index (χ4v) is 12.4. The highest BCUT2D eigenvalue weighted by molar-refractivity contribution is 6.22. The van der Waals surface area contributed by atoms with Gasteiger partial charge in [0.15, 0.2) is 0 Å². The van der Waals surface area contributed by atoms with Crippen LogP contribution >= 0.6 is 0 Å². The van der Waals surface area contributed by atoms with Crippen molar-refractivity contribution in [1.82, 2.24) is 0 Å². The summed E-state index contributed by atoms with van der Waals surface area (Å²) in [5, 5.41) is 4.41. The molecule has 0 aliphatic heterocycles. The SMILES string of the molecule is CC1(C)c2ccccc2-c2ccc(N(c3ccc4c(c3)C(c3ccccc3)(c3ccccc3)c3ccccc3-4)c3c(-c4cccc(-c5ccccc5)c4)ccc4oc5c6ccccc6ccc5c34)cc21. The molecule has 0 radical (unpaired) electrons. The van der Waals surface area contributed by atoms with Gasteiger partial charge in [-0.2, -0.15) is 0 Å². The first-order valence-corrected chi connectivity index (χ1v) is 24.4. The highest BCUT2D eigenvalue weighted by Gasteiger charge is 2.46. The normalized spacial score (nSPS) is 13.8. The predicted octanol–water partition coefficient (Wildman–Crippen LogP) is 18.2. The first-order valence-electron chi connectivity index (χ1n) is 24.4. The maximum Gasteiger partial charge on any atom is 0.143 e. The van der Waals surface area contributed by atoms with Crippen LogP contribution in [0, 0.1) is 0 Å². The van der Waals surface area contributed by atoms with E-state index in [1.165, 1.54) is 66.8 Å². The molecule has 0 unspecified atom stereocenters. The number of nitrogens with zero attached hydrogens (tertiary/aromatic N) is 1. The fraction of sp³-hybridized carbons (Fsp3) is 0.0588. The molecule has 0 atom stereocenters. The van der Waals surface area contributed by atoms with Gasteiger partial charge < -0.3 is 9.32 Å². The molecule has 2 nitrogen and oxygen atoms in total. The van der Waals surface area contributed by atoms with Gasteiger partial charge >= 0.3 is 0 Å². The molecule has 2 aliphatic carbocycles. The second-order valence-electron chi connectivity index (χ2n) is 19.5. The summed E-state index contributed by atoms with van der Waals surface area (Å²) in [6, 6.07) is 92.0. The number of benzene rings is 11.